The summed E-state index contributed by atoms with van der Waals surface area (Å²) >= 11 is 6.31. The lowest BCUT2D eigenvalue weighted by atomic mass is 10.1. The highest BCUT2D eigenvalue weighted by molar-refractivity contribution is 6.21. The van der Waals surface area contributed by atoms with Gasteiger partial charge in [0.15, 0.2) is 0 Å². The van der Waals surface area contributed by atoms with Gasteiger partial charge in [0.25, 0.3) is 0 Å². The molecule has 0 bridgehead atoms. The molecule has 0 heterocycles. The maximum absolute atomic E-state index is 13.1. The number of nitrogens with one attached hydrogen (secondary N) is 1. The quantitative estimate of drug-likeness (QED) is 0.808. The van der Waals surface area contributed by atoms with Crippen LogP contribution in [0.4, 0.5) is 4.39 Å². The van der Waals surface area contributed by atoms with Gasteiger partial charge in [-0.15, -0.1) is 11.6 Å². The molecule has 0 spiro atoms. The summed E-state index contributed by atoms with van der Waals surface area (Å²) in [6, 6.07) is 14.8. The van der Waals surface area contributed by atoms with E-state index in [-0.39, 0.29) is 11.2 Å². The van der Waals surface area contributed by atoms with E-state index in [0.29, 0.717) is 13.1 Å². The van der Waals surface area contributed by atoms with Crippen molar-refractivity contribution in [3.05, 3.63) is 71.0 Å². The summed E-state index contributed by atoms with van der Waals surface area (Å²) in [6.07, 6.45) is 0. The van der Waals surface area contributed by atoms with Gasteiger partial charge in [-0.05, 0) is 35.7 Å². The Kier molecular flexibility index (Phi) is 4.94. The minimum atomic E-state index is -0.201. The molecular formula is C16H17ClFN. The second-order valence-electron chi connectivity index (χ2n) is 4.58. The highest BCUT2D eigenvalue weighted by Crippen LogP contribution is 2.19. The average molecular weight is 278 g/mol. The van der Waals surface area contributed by atoms with Gasteiger partial charge in [-0.25, -0.2) is 4.39 Å². The summed E-state index contributed by atoms with van der Waals surface area (Å²) in [6.45, 7) is 3.26. The molecule has 100 valence electrons. The van der Waals surface area contributed by atoms with E-state index in [9.17, 15) is 4.39 Å². The van der Waals surface area contributed by atoms with Crippen molar-refractivity contribution in [2.24, 2.45) is 0 Å². The van der Waals surface area contributed by atoms with Crippen molar-refractivity contribution in [1.82, 2.24) is 5.32 Å². The van der Waals surface area contributed by atoms with Crippen LogP contribution in [-0.4, -0.2) is 6.54 Å². The van der Waals surface area contributed by atoms with Crippen LogP contribution in [0.2, 0.25) is 0 Å². The number of hydrogen-bond acceptors (Lipinski definition) is 1. The fourth-order valence-electron chi connectivity index (χ4n) is 1.94. The number of aryl methyl sites for hydroxylation is 1. The van der Waals surface area contributed by atoms with E-state index < -0.39 is 0 Å². The molecule has 0 aromatic heterocycles. The predicted molar refractivity (Wildman–Crippen MR) is 77.9 cm³/mol. The van der Waals surface area contributed by atoms with E-state index in [0.717, 1.165) is 16.7 Å². The molecule has 0 saturated carbocycles. The largest absolute Gasteiger partial charge is 0.311 e. The zero-order valence-corrected chi connectivity index (χ0v) is 11.6. The summed E-state index contributed by atoms with van der Waals surface area (Å²) in [4.78, 5) is 0. The van der Waals surface area contributed by atoms with E-state index in [4.69, 9.17) is 11.6 Å². The first-order valence-electron chi connectivity index (χ1n) is 6.31. The third-order valence-electron chi connectivity index (χ3n) is 3.11. The molecule has 2 rings (SSSR count). The van der Waals surface area contributed by atoms with Crippen molar-refractivity contribution in [1.29, 1.82) is 0 Å². The molecular weight excluding hydrogens is 261 g/mol. The van der Waals surface area contributed by atoms with Crippen LogP contribution in [0.5, 0.6) is 0 Å². The highest BCUT2D eigenvalue weighted by atomic mass is 35.5. The third kappa shape index (κ3) is 4.05. The Bertz CT molecular complexity index is 528. The lowest BCUT2D eigenvalue weighted by molar-refractivity contribution is 0.618. The Labute approximate surface area is 118 Å². The van der Waals surface area contributed by atoms with Crippen molar-refractivity contribution in [2.75, 3.05) is 6.54 Å². The Hall–Kier alpha value is -1.38. The van der Waals surface area contributed by atoms with Crippen molar-refractivity contribution in [3.63, 3.8) is 0 Å². The zero-order chi connectivity index (χ0) is 13.7. The SMILES string of the molecule is Cc1ccc(F)cc1CNCC(Cl)c1ccccc1. The molecule has 2 aromatic rings. The van der Waals surface area contributed by atoms with Crippen LogP contribution in [0.15, 0.2) is 48.5 Å². The molecule has 1 nitrogen and oxygen atoms in total. The summed E-state index contributed by atoms with van der Waals surface area (Å²) in [5.74, 6) is -0.201. The third-order valence-corrected chi connectivity index (χ3v) is 3.52. The summed E-state index contributed by atoms with van der Waals surface area (Å²) < 4.78 is 13.1. The summed E-state index contributed by atoms with van der Waals surface area (Å²) in [5, 5.41) is 3.20. The van der Waals surface area contributed by atoms with Gasteiger partial charge in [-0.1, -0.05) is 36.4 Å². The maximum Gasteiger partial charge on any atom is 0.123 e. The maximum atomic E-state index is 13.1. The molecule has 2 aromatic carbocycles. The number of halogens is 2. The van der Waals surface area contributed by atoms with Gasteiger partial charge >= 0.3 is 0 Å². The molecule has 0 aliphatic rings. The van der Waals surface area contributed by atoms with E-state index in [1.807, 2.05) is 37.3 Å². The smallest absolute Gasteiger partial charge is 0.123 e. The van der Waals surface area contributed by atoms with Gasteiger partial charge in [-0.2, -0.15) is 0 Å². The van der Waals surface area contributed by atoms with Crippen molar-refractivity contribution in [2.45, 2.75) is 18.8 Å². The Morgan fingerprint density at radius 1 is 1.16 bits per heavy atom. The molecule has 1 unspecified atom stereocenters. The molecule has 0 aliphatic heterocycles. The van der Waals surface area contributed by atoms with Gasteiger partial charge in [-0.3, -0.25) is 0 Å². The van der Waals surface area contributed by atoms with E-state index in [1.165, 1.54) is 6.07 Å². The van der Waals surface area contributed by atoms with Crippen LogP contribution in [0.3, 0.4) is 0 Å². The Morgan fingerprint density at radius 3 is 2.63 bits per heavy atom. The summed E-state index contributed by atoms with van der Waals surface area (Å²) in [7, 11) is 0. The van der Waals surface area contributed by atoms with Crippen LogP contribution < -0.4 is 5.32 Å². The standard InChI is InChI=1S/C16H17ClFN/c1-12-7-8-15(18)9-14(12)10-19-11-16(17)13-5-3-2-4-6-13/h2-9,16,19H,10-11H2,1H3. The normalized spacial score (nSPS) is 12.4. The first-order chi connectivity index (χ1) is 9.16. The van der Waals surface area contributed by atoms with E-state index in [2.05, 4.69) is 5.32 Å². The van der Waals surface area contributed by atoms with E-state index >= 15 is 0 Å². The molecule has 19 heavy (non-hydrogen) atoms. The van der Waals surface area contributed by atoms with Crippen LogP contribution in [0.25, 0.3) is 0 Å². The topological polar surface area (TPSA) is 12.0 Å². The minimum absolute atomic E-state index is 0.0740. The molecule has 0 radical (unpaired) electrons. The Morgan fingerprint density at radius 2 is 1.89 bits per heavy atom. The number of hydrogen-bond donors (Lipinski definition) is 1. The van der Waals surface area contributed by atoms with Gasteiger partial charge in [0.1, 0.15) is 5.82 Å². The van der Waals surface area contributed by atoms with Crippen molar-refractivity contribution < 1.29 is 4.39 Å². The van der Waals surface area contributed by atoms with Crippen LogP contribution in [-0.2, 0) is 6.54 Å². The first-order valence-corrected chi connectivity index (χ1v) is 6.75. The van der Waals surface area contributed by atoms with Crippen LogP contribution in [0.1, 0.15) is 22.1 Å². The van der Waals surface area contributed by atoms with Gasteiger partial charge in [0.05, 0.1) is 5.38 Å². The van der Waals surface area contributed by atoms with Gasteiger partial charge in [0, 0.05) is 13.1 Å². The van der Waals surface area contributed by atoms with Crippen molar-refractivity contribution >= 4 is 11.6 Å². The average Bonchev–Trinajstić information content (AvgIpc) is 2.43. The molecule has 0 saturated heterocycles. The molecule has 3 heteroatoms. The lowest BCUT2D eigenvalue weighted by Crippen LogP contribution is -2.19. The molecule has 0 amide bonds. The summed E-state index contributed by atoms with van der Waals surface area (Å²) in [5.41, 5.74) is 3.14. The van der Waals surface area contributed by atoms with Crippen LogP contribution >= 0.6 is 11.6 Å². The zero-order valence-electron chi connectivity index (χ0n) is 10.9. The molecule has 0 fully saturated rings. The van der Waals surface area contributed by atoms with Crippen LogP contribution in [0, 0.1) is 12.7 Å². The van der Waals surface area contributed by atoms with Gasteiger partial charge in [0.2, 0.25) is 0 Å². The number of alkyl halides is 1. The Balaban J connectivity index is 1.88. The van der Waals surface area contributed by atoms with Gasteiger partial charge < -0.3 is 5.32 Å². The number of rotatable bonds is 5. The molecule has 0 aliphatic carbocycles. The minimum Gasteiger partial charge on any atom is -0.311 e. The second-order valence-corrected chi connectivity index (χ2v) is 5.11. The predicted octanol–water partition coefficient (Wildman–Crippen LogP) is 4.20. The number of benzene rings is 2. The van der Waals surface area contributed by atoms with E-state index in [1.54, 1.807) is 12.1 Å². The molecule has 1 atom stereocenters. The molecule has 1 N–H and O–H groups in total. The van der Waals surface area contributed by atoms with Crippen molar-refractivity contribution in [3.8, 4) is 0 Å². The highest BCUT2D eigenvalue weighted by Gasteiger charge is 2.07. The first kappa shape index (κ1) is 14.0. The lowest BCUT2D eigenvalue weighted by Gasteiger charge is -2.12. The fourth-order valence-corrected chi connectivity index (χ4v) is 2.20. The second kappa shape index (κ2) is 6.69. The fraction of sp³-hybridized carbons (Fsp3) is 0.250. The monoisotopic (exact) mass is 277 g/mol.